The molecule has 100 valence electrons. The number of phenols is 1. The summed E-state index contributed by atoms with van der Waals surface area (Å²) in [5.41, 5.74) is -0.0929. The van der Waals surface area contributed by atoms with E-state index in [0.717, 1.165) is 12.1 Å². The summed E-state index contributed by atoms with van der Waals surface area (Å²) in [7, 11) is 0. The molecule has 0 aliphatic heterocycles. The Morgan fingerprint density at radius 3 is 2.20 bits per heavy atom. The van der Waals surface area contributed by atoms with Crippen LogP contribution in [-0.2, 0) is 0 Å². The first kappa shape index (κ1) is 12.3. The highest BCUT2D eigenvalue weighted by Gasteiger charge is 2.19. The highest BCUT2D eigenvalue weighted by Crippen LogP contribution is 2.31. The number of aromatic hydroxyl groups is 1. The molecule has 0 unspecified atom stereocenters. The van der Waals surface area contributed by atoms with Crippen LogP contribution in [0, 0.1) is 11.6 Å². The number of hydrogen-bond donors (Lipinski definition) is 1. The molecule has 4 nitrogen and oxygen atoms in total. The lowest BCUT2D eigenvalue weighted by Gasteiger charge is -1.99. The molecule has 1 aromatic heterocycles. The van der Waals surface area contributed by atoms with E-state index in [-0.39, 0.29) is 23.1 Å². The minimum atomic E-state index is -0.794. The monoisotopic (exact) mass is 274 g/mol. The number of rotatable bonds is 2. The van der Waals surface area contributed by atoms with Crippen LogP contribution in [0.3, 0.4) is 0 Å². The van der Waals surface area contributed by atoms with Crippen LogP contribution in [0.5, 0.6) is 5.75 Å². The summed E-state index contributed by atoms with van der Waals surface area (Å²) in [6.45, 7) is 0. The molecule has 0 bridgehead atoms. The highest BCUT2D eigenvalue weighted by atomic mass is 19.1. The highest BCUT2D eigenvalue weighted by molar-refractivity contribution is 5.63. The Hall–Kier alpha value is -2.76. The maximum atomic E-state index is 13.6. The normalized spacial score (nSPS) is 10.7. The zero-order valence-corrected chi connectivity index (χ0v) is 10.0. The maximum absolute atomic E-state index is 13.6. The largest absolute Gasteiger partial charge is 0.507 e. The molecule has 1 heterocycles. The Morgan fingerprint density at radius 2 is 1.50 bits per heavy atom. The van der Waals surface area contributed by atoms with Crippen molar-refractivity contribution >= 4 is 0 Å². The Morgan fingerprint density at radius 1 is 0.850 bits per heavy atom. The Balaban J connectivity index is 2.10. The van der Waals surface area contributed by atoms with Gasteiger partial charge in [0.2, 0.25) is 0 Å². The van der Waals surface area contributed by atoms with Crippen LogP contribution in [-0.4, -0.2) is 15.3 Å². The number of aromatic nitrogens is 2. The smallest absolute Gasteiger partial charge is 0.254 e. The number of halogens is 2. The summed E-state index contributed by atoms with van der Waals surface area (Å²) in [5, 5.41) is 17.0. The molecular weight excluding hydrogens is 266 g/mol. The van der Waals surface area contributed by atoms with E-state index in [9.17, 15) is 13.9 Å². The molecule has 2 aromatic carbocycles. The molecule has 0 radical (unpaired) electrons. The van der Waals surface area contributed by atoms with Gasteiger partial charge in [-0.3, -0.25) is 0 Å². The molecule has 0 spiro atoms. The predicted molar refractivity (Wildman–Crippen MR) is 66.8 cm³/mol. The molecule has 3 aromatic rings. The van der Waals surface area contributed by atoms with Crippen molar-refractivity contribution in [2.45, 2.75) is 0 Å². The van der Waals surface area contributed by atoms with E-state index in [1.54, 1.807) is 18.2 Å². The van der Waals surface area contributed by atoms with Gasteiger partial charge in [0.05, 0.1) is 5.56 Å². The Labute approximate surface area is 112 Å². The summed E-state index contributed by atoms with van der Waals surface area (Å²) in [6.07, 6.45) is 0. The zero-order chi connectivity index (χ0) is 14.1. The molecule has 0 saturated heterocycles. The summed E-state index contributed by atoms with van der Waals surface area (Å²) in [6, 6.07) is 9.75. The van der Waals surface area contributed by atoms with Crippen LogP contribution in [0.4, 0.5) is 8.78 Å². The van der Waals surface area contributed by atoms with Gasteiger partial charge in [0.15, 0.2) is 0 Å². The molecule has 6 heteroatoms. The summed E-state index contributed by atoms with van der Waals surface area (Å²) >= 11 is 0. The molecule has 1 N–H and O–H groups in total. The zero-order valence-electron chi connectivity index (χ0n) is 10.0. The molecule has 0 saturated carbocycles. The fourth-order valence-electron chi connectivity index (χ4n) is 1.79. The predicted octanol–water partition coefficient (Wildman–Crippen LogP) is 3.39. The minimum Gasteiger partial charge on any atom is -0.507 e. The van der Waals surface area contributed by atoms with Crippen LogP contribution in [0.15, 0.2) is 46.9 Å². The van der Waals surface area contributed by atoms with Crippen molar-refractivity contribution in [3.8, 4) is 28.7 Å². The number of hydrogen-bond acceptors (Lipinski definition) is 4. The molecule has 0 fully saturated rings. The summed E-state index contributed by atoms with van der Waals surface area (Å²) in [5.74, 6) is -1.94. The van der Waals surface area contributed by atoms with Crippen LogP contribution in [0.1, 0.15) is 0 Å². The lowest BCUT2D eigenvalue weighted by molar-refractivity contribution is 0.473. The second-order valence-electron chi connectivity index (χ2n) is 4.03. The molecule has 0 amide bonds. The van der Waals surface area contributed by atoms with Gasteiger partial charge < -0.3 is 9.52 Å². The standard InChI is InChI=1S/C14H8F2N2O2/c15-9-5-3-6-10(16)12(9)14-18-17-13(20-14)8-4-1-2-7-11(8)19/h1-7,19H. The first-order valence-corrected chi connectivity index (χ1v) is 5.73. The van der Waals surface area contributed by atoms with Crippen LogP contribution < -0.4 is 0 Å². The average molecular weight is 274 g/mol. The maximum Gasteiger partial charge on any atom is 0.254 e. The van der Waals surface area contributed by atoms with Gasteiger partial charge in [-0.1, -0.05) is 18.2 Å². The fourth-order valence-corrected chi connectivity index (χ4v) is 1.79. The Kier molecular flexibility index (Phi) is 2.90. The van der Waals surface area contributed by atoms with Gasteiger partial charge in [0.25, 0.3) is 11.8 Å². The molecular formula is C14H8F2N2O2. The molecule has 0 atom stereocenters. The topological polar surface area (TPSA) is 59.2 Å². The summed E-state index contributed by atoms with van der Waals surface area (Å²) in [4.78, 5) is 0. The lowest BCUT2D eigenvalue weighted by Crippen LogP contribution is -1.89. The van der Waals surface area contributed by atoms with Gasteiger partial charge in [0, 0.05) is 0 Å². The van der Waals surface area contributed by atoms with Crippen molar-refractivity contribution in [2.24, 2.45) is 0 Å². The third-order valence-electron chi connectivity index (χ3n) is 2.74. The van der Waals surface area contributed by atoms with Crippen molar-refractivity contribution in [1.29, 1.82) is 0 Å². The number of phenolic OH excluding ortho intramolecular Hbond substituents is 1. The van der Waals surface area contributed by atoms with Crippen LogP contribution >= 0.6 is 0 Å². The molecule has 20 heavy (non-hydrogen) atoms. The fraction of sp³-hybridized carbons (Fsp3) is 0. The van der Waals surface area contributed by atoms with Gasteiger partial charge in [-0.15, -0.1) is 10.2 Å². The third kappa shape index (κ3) is 2.01. The Bertz CT molecular complexity index is 751. The quantitative estimate of drug-likeness (QED) is 0.778. The SMILES string of the molecule is Oc1ccccc1-c1nnc(-c2c(F)cccc2F)o1. The van der Waals surface area contributed by atoms with Gasteiger partial charge in [-0.05, 0) is 24.3 Å². The molecule has 3 rings (SSSR count). The van der Waals surface area contributed by atoms with Crippen molar-refractivity contribution in [3.05, 3.63) is 54.1 Å². The number of benzene rings is 2. The van der Waals surface area contributed by atoms with Crippen molar-refractivity contribution in [3.63, 3.8) is 0 Å². The van der Waals surface area contributed by atoms with Gasteiger partial charge >= 0.3 is 0 Å². The van der Waals surface area contributed by atoms with E-state index in [1.807, 2.05) is 0 Å². The molecule has 0 aliphatic carbocycles. The molecule has 0 aliphatic rings. The van der Waals surface area contributed by atoms with E-state index in [0.29, 0.717) is 5.56 Å². The van der Waals surface area contributed by atoms with E-state index < -0.39 is 11.6 Å². The van der Waals surface area contributed by atoms with Crippen molar-refractivity contribution < 1.29 is 18.3 Å². The second kappa shape index (κ2) is 4.73. The van der Waals surface area contributed by atoms with Crippen molar-refractivity contribution in [2.75, 3.05) is 0 Å². The van der Waals surface area contributed by atoms with Gasteiger partial charge in [0.1, 0.15) is 22.9 Å². The minimum absolute atomic E-state index is 0.0132. The van der Waals surface area contributed by atoms with Crippen LogP contribution in [0.2, 0.25) is 0 Å². The lowest BCUT2D eigenvalue weighted by atomic mass is 10.2. The number of para-hydroxylation sites is 1. The van der Waals surface area contributed by atoms with Crippen LogP contribution in [0.25, 0.3) is 22.9 Å². The first-order valence-electron chi connectivity index (χ1n) is 5.73. The van der Waals surface area contributed by atoms with Gasteiger partial charge in [-0.2, -0.15) is 0 Å². The first-order chi connectivity index (χ1) is 9.66. The summed E-state index contributed by atoms with van der Waals surface area (Å²) < 4.78 is 32.5. The van der Waals surface area contributed by atoms with E-state index >= 15 is 0 Å². The number of nitrogens with zero attached hydrogens (tertiary/aromatic N) is 2. The second-order valence-corrected chi connectivity index (χ2v) is 4.03. The average Bonchev–Trinajstić information content (AvgIpc) is 2.88. The van der Waals surface area contributed by atoms with E-state index in [1.165, 1.54) is 12.1 Å². The van der Waals surface area contributed by atoms with E-state index in [4.69, 9.17) is 4.42 Å². The van der Waals surface area contributed by atoms with Crippen molar-refractivity contribution in [1.82, 2.24) is 10.2 Å². The van der Waals surface area contributed by atoms with E-state index in [2.05, 4.69) is 10.2 Å². The third-order valence-corrected chi connectivity index (χ3v) is 2.74. The van der Waals surface area contributed by atoms with Gasteiger partial charge in [-0.25, -0.2) is 8.78 Å².